The van der Waals surface area contributed by atoms with Crippen LogP contribution in [-0.2, 0) is 18.4 Å². The predicted molar refractivity (Wildman–Crippen MR) is 50.5 cm³/mol. The summed E-state index contributed by atoms with van der Waals surface area (Å²) >= 11 is 5.34. The predicted octanol–water partition coefficient (Wildman–Crippen LogP) is 0.584. The van der Waals surface area contributed by atoms with Gasteiger partial charge in [0.15, 0.2) is 0 Å². The SMILES string of the molecule is Cc1cnn(C)c1CNC(=O)CCl. The molecule has 0 fully saturated rings. The van der Waals surface area contributed by atoms with Gasteiger partial charge in [0.2, 0.25) is 5.91 Å². The van der Waals surface area contributed by atoms with Crippen LogP contribution >= 0.6 is 11.6 Å². The molecule has 0 saturated carbocycles. The molecule has 72 valence electrons. The lowest BCUT2D eigenvalue weighted by Crippen LogP contribution is -2.25. The molecule has 13 heavy (non-hydrogen) atoms. The van der Waals surface area contributed by atoms with Crippen molar-refractivity contribution in [3.05, 3.63) is 17.5 Å². The lowest BCUT2D eigenvalue weighted by molar-refractivity contribution is -0.118. The van der Waals surface area contributed by atoms with Crippen molar-refractivity contribution >= 4 is 17.5 Å². The average molecular weight is 202 g/mol. The van der Waals surface area contributed by atoms with Crippen molar-refractivity contribution in [3.63, 3.8) is 0 Å². The van der Waals surface area contributed by atoms with E-state index >= 15 is 0 Å². The van der Waals surface area contributed by atoms with Gasteiger partial charge in [0.1, 0.15) is 5.88 Å². The van der Waals surface area contributed by atoms with E-state index in [4.69, 9.17) is 11.6 Å². The van der Waals surface area contributed by atoms with Gasteiger partial charge >= 0.3 is 0 Å². The van der Waals surface area contributed by atoms with Crippen LogP contribution in [0.15, 0.2) is 6.20 Å². The summed E-state index contributed by atoms with van der Waals surface area (Å²) in [5, 5.41) is 6.74. The van der Waals surface area contributed by atoms with E-state index in [1.54, 1.807) is 10.9 Å². The van der Waals surface area contributed by atoms with Crippen molar-refractivity contribution < 1.29 is 4.79 Å². The third-order valence-electron chi connectivity index (χ3n) is 1.84. The summed E-state index contributed by atoms with van der Waals surface area (Å²) in [6, 6.07) is 0. The van der Waals surface area contributed by atoms with Gasteiger partial charge in [-0.3, -0.25) is 9.48 Å². The van der Waals surface area contributed by atoms with E-state index in [1.165, 1.54) is 0 Å². The smallest absolute Gasteiger partial charge is 0.235 e. The van der Waals surface area contributed by atoms with Gasteiger partial charge in [-0.2, -0.15) is 5.10 Å². The molecule has 0 aliphatic carbocycles. The number of rotatable bonds is 3. The highest BCUT2D eigenvalue weighted by Gasteiger charge is 2.05. The van der Waals surface area contributed by atoms with E-state index in [0.717, 1.165) is 11.3 Å². The van der Waals surface area contributed by atoms with Crippen LogP contribution in [0.2, 0.25) is 0 Å². The van der Waals surface area contributed by atoms with Gasteiger partial charge in [-0.05, 0) is 12.5 Å². The Morgan fingerprint density at radius 3 is 2.92 bits per heavy atom. The first-order chi connectivity index (χ1) is 6.15. The minimum atomic E-state index is -0.165. The number of aromatic nitrogens is 2. The fourth-order valence-electron chi connectivity index (χ4n) is 1.06. The van der Waals surface area contributed by atoms with Gasteiger partial charge in [-0.25, -0.2) is 0 Å². The third kappa shape index (κ3) is 2.45. The normalized spacial score (nSPS) is 10.1. The zero-order chi connectivity index (χ0) is 9.84. The van der Waals surface area contributed by atoms with Gasteiger partial charge in [0.05, 0.1) is 18.4 Å². The number of alkyl halides is 1. The maximum atomic E-state index is 10.9. The first-order valence-corrected chi connectivity index (χ1v) is 4.48. The van der Waals surface area contributed by atoms with Crippen LogP contribution < -0.4 is 5.32 Å². The number of nitrogens with one attached hydrogen (secondary N) is 1. The Labute approximate surface area is 81.9 Å². The highest BCUT2D eigenvalue weighted by molar-refractivity contribution is 6.27. The Bertz CT molecular complexity index is 289. The third-order valence-corrected chi connectivity index (χ3v) is 2.09. The summed E-state index contributed by atoms with van der Waals surface area (Å²) in [6.45, 7) is 2.43. The van der Waals surface area contributed by atoms with E-state index in [0.29, 0.717) is 6.54 Å². The molecule has 0 aliphatic rings. The summed E-state index contributed by atoms with van der Waals surface area (Å²) in [4.78, 5) is 10.9. The van der Waals surface area contributed by atoms with Crippen LogP contribution in [-0.4, -0.2) is 21.6 Å². The number of carbonyl (C=O) groups excluding carboxylic acids is 1. The Hall–Kier alpha value is -1.03. The molecule has 0 aromatic carbocycles. The van der Waals surface area contributed by atoms with Gasteiger partial charge in [0.25, 0.3) is 0 Å². The lowest BCUT2D eigenvalue weighted by Gasteiger charge is -2.04. The number of aryl methyl sites for hydroxylation is 2. The topological polar surface area (TPSA) is 46.9 Å². The molecule has 0 unspecified atom stereocenters. The molecule has 0 bridgehead atoms. The van der Waals surface area contributed by atoms with Crippen molar-refractivity contribution in [3.8, 4) is 0 Å². The van der Waals surface area contributed by atoms with Crippen LogP contribution in [0.25, 0.3) is 0 Å². The summed E-state index contributed by atoms with van der Waals surface area (Å²) in [5.74, 6) is -0.168. The molecule has 0 atom stereocenters. The van der Waals surface area contributed by atoms with Crippen molar-refractivity contribution in [2.45, 2.75) is 13.5 Å². The average Bonchev–Trinajstić information content (AvgIpc) is 2.43. The second kappa shape index (κ2) is 4.28. The number of carbonyl (C=O) groups is 1. The molecule has 1 aromatic heterocycles. The molecule has 4 nitrogen and oxygen atoms in total. The molecule has 0 saturated heterocycles. The molecule has 5 heteroatoms. The van der Waals surface area contributed by atoms with Crippen LogP contribution in [0.5, 0.6) is 0 Å². The Morgan fingerprint density at radius 1 is 1.77 bits per heavy atom. The quantitative estimate of drug-likeness (QED) is 0.728. The van der Waals surface area contributed by atoms with Gasteiger partial charge < -0.3 is 5.32 Å². The van der Waals surface area contributed by atoms with E-state index in [-0.39, 0.29) is 11.8 Å². The number of hydrogen-bond donors (Lipinski definition) is 1. The monoisotopic (exact) mass is 201 g/mol. The van der Waals surface area contributed by atoms with Crippen LogP contribution in [0, 0.1) is 6.92 Å². The van der Waals surface area contributed by atoms with E-state index in [1.807, 2.05) is 14.0 Å². The van der Waals surface area contributed by atoms with Crippen molar-refractivity contribution in [2.24, 2.45) is 7.05 Å². The van der Waals surface area contributed by atoms with Gasteiger partial charge in [-0.15, -0.1) is 11.6 Å². The Balaban J connectivity index is 2.58. The van der Waals surface area contributed by atoms with Crippen LogP contribution in [0.1, 0.15) is 11.3 Å². The maximum Gasteiger partial charge on any atom is 0.235 e. The largest absolute Gasteiger partial charge is 0.349 e. The molecule has 1 rings (SSSR count). The fourth-order valence-corrected chi connectivity index (χ4v) is 1.15. The highest BCUT2D eigenvalue weighted by atomic mass is 35.5. The van der Waals surface area contributed by atoms with Gasteiger partial charge in [-0.1, -0.05) is 0 Å². The molecular formula is C8H12ClN3O. The summed E-state index contributed by atoms with van der Waals surface area (Å²) in [7, 11) is 1.84. The summed E-state index contributed by atoms with van der Waals surface area (Å²) < 4.78 is 1.74. The molecular weight excluding hydrogens is 190 g/mol. The first kappa shape index (κ1) is 10.1. The summed E-state index contributed by atoms with van der Waals surface area (Å²) in [6.07, 6.45) is 1.77. The van der Waals surface area contributed by atoms with Crippen molar-refractivity contribution in [1.82, 2.24) is 15.1 Å². The first-order valence-electron chi connectivity index (χ1n) is 3.95. The zero-order valence-electron chi connectivity index (χ0n) is 7.67. The minimum absolute atomic E-state index is 0.00308. The molecule has 0 spiro atoms. The minimum Gasteiger partial charge on any atom is -0.349 e. The number of hydrogen-bond acceptors (Lipinski definition) is 2. The second-order valence-corrected chi connectivity index (χ2v) is 3.08. The van der Waals surface area contributed by atoms with Gasteiger partial charge in [0, 0.05) is 7.05 Å². The Kier molecular flexibility index (Phi) is 3.31. The zero-order valence-corrected chi connectivity index (χ0v) is 8.43. The molecule has 1 N–H and O–H groups in total. The molecule has 1 heterocycles. The number of amides is 1. The Morgan fingerprint density at radius 2 is 2.46 bits per heavy atom. The molecule has 1 amide bonds. The second-order valence-electron chi connectivity index (χ2n) is 2.81. The standard InChI is InChI=1S/C8H12ClN3O/c1-6-4-11-12(2)7(6)5-10-8(13)3-9/h4H,3,5H2,1-2H3,(H,10,13). The molecule has 0 radical (unpaired) electrons. The lowest BCUT2D eigenvalue weighted by atomic mass is 10.3. The molecule has 1 aromatic rings. The van der Waals surface area contributed by atoms with E-state index < -0.39 is 0 Å². The highest BCUT2D eigenvalue weighted by Crippen LogP contribution is 2.04. The summed E-state index contributed by atoms with van der Waals surface area (Å²) in [5.41, 5.74) is 2.07. The number of nitrogens with zero attached hydrogens (tertiary/aromatic N) is 2. The van der Waals surface area contributed by atoms with Crippen molar-refractivity contribution in [1.29, 1.82) is 0 Å². The van der Waals surface area contributed by atoms with E-state index in [9.17, 15) is 4.79 Å². The molecule has 0 aliphatic heterocycles. The van der Waals surface area contributed by atoms with Crippen LogP contribution in [0.4, 0.5) is 0 Å². The fraction of sp³-hybridized carbons (Fsp3) is 0.500. The van der Waals surface area contributed by atoms with Crippen LogP contribution in [0.3, 0.4) is 0 Å². The number of halogens is 1. The van der Waals surface area contributed by atoms with Crippen molar-refractivity contribution in [2.75, 3.05) is 5.88 Å². The van der Waals surface area contributed by atoms with E-state index in [2.05, 4.69) is 10.4 Å². The maximum absolute atomic E-state index is 10.9.